The number of rotatable bonds is 7. The summed E-state index contributed by atoms with van der Waals surface area (Å²) in [5.74, 6) is 0. The number of benzene rings is 2. The van der Waals surface area contributed by atoms with Gasteiger partial charge in [-0.05, 0) is 42.6 Å². The van der Waals surface area contributed by atoms with Crippen LogP contribution in [0.5, 0.6) is 0 Å². The zero-order valence-corrected chi connectivity index (χ0v) is 21.2. The molecule has 0 saturated heterocycles. The normalized spacial score (nSPS) is 14.5. The van der Waals surface area contributed by atoms with Crippen molar-refractivity contribution in [2.45, 2.75) is 24.7 Å². The second-order valence-electron chi connectivity index (χ2n) is 5.91. The molecule has 0 aliphatic heterocycles. The van der Waals surface area contributed by atoms with E-state index in [1.807, 2.05) is 54.6 Å². The zero-order chi connectivity index (χ0) is 17.8. The van der Waals surface area contributed by atoms with Gasteiger partial charge in [-0.25, -0.2) is 0 Å². The SMILES string of the molecule is CP(=O)([O-])C(CCCc1ccc(-c2ccccc2)cc1)[P+]([O-])([O-])O.[Na+].[Na+]. The van der Waals surface area contributed by atoms with Gasteiger partial charge in [-0.15, -0.1) is 0 Å². The first-order valence-corrected chi connectivity index (χ1v) is 11.4. The molecule has 2 atom stereocenters. The first kappa shape index (κ1) is 26.9. The van der Waals surface area contributed by atoms with Crippen molar-refractivity contribution in [1.82, 2.24) is 0 Å². The van der Waals surface area contributed by atoms with Gasteiger partial charge in [0.1, 0.15) is 5.40 Å². The van der Waals surface area contributed by atoms with Gasteiger partial charge >= 0.3 is 59.1 Å². The maximum absolute atomic E-state index is 11.5. The molecule has 130 valence electrons. The van der Waals surface area contributed by atoms with Crippen LogP contribution in [0.4, 0.5) is 0 Å². The van der Waals surface area contributed by atoms with Crippen molar-refractivity contribution in [1.29, 1.82) is 0 Å². The van der Waals surface area contributed by atoms with E-state index in [9.17, 15) is 19.2 Å². The zero-order valence-electron chi connectivity index (χ0n) is 15.4. The molecule has 5 nitrogen and oxygen atoms in total. The number of aryl methyl sites for hydroxylation is 1. The molecule has 0 amide bonds. The monoisotopic (exact) mass is 412 g/mol. The van der Waals surface area contributed by atoms with E-state index in [4.69, 9.17) is 4.89 Å². The quantitative estimate of drug-likeness (QED) is 0.366. The van der Waals surface area contributed by atoms with Gasteiger partial charge in [-0.2, -0.15) is 0 Å². The summed E-state index contributed by atoms with van der Waals surface area (Å²) < 4.78 is 11.5. The Morgan fingerprint density at radius 2 is 1.50 bits per heavy atom. The second kappa shape index (κ2) is 11.8. The van der Waals surface area contributed by atoms with Crippen LogP contribution in [0.15, 0.2) is 54.6 Å². The molecule has 0 aliphatic carbocycles. The molecule has 0 aromatic heterocycles. The first-order valence-electron chi connectivity index (χ1n) is 7.64. The van der Waals surface area contributed by atoms with Crippen molar-refractivity contribution in [2.24, 2.45) is 0 Å². The van der Waals surface area contributed by atoms with Gasteiger partial charge in [-0.1, -0.05) is 54.6 Å². The van der Waals surface area contributed by atoms with Crippen molar-refractivity contribution in [3.05, 3.63) is 60.2 Å². The minimum atomic E-state index is -4.89. The van der Waals surface area contributed by atoms with Crippen LogP contribution in [-0.4, -0.2) is 17.0 Å². The van der Waals surface area contributed by atoms with E-state index in [-0.39, 0.29) is 65.5 Å². The van der Waals surface area contributed by atoms with E-state index in [0.29, 0.717) is 12.8 Å². The Hall–Kier alpha value is 0.940. The summed E-state index contributed by atoms with van der Waals surface area (Å²) in [4.78, 5) is 43.1. The van der Waals surface area contributed by atoms with Crippen LogP contribution < -0.4 is 73.8 Å². The smallest absolute Gasteiger partial charge is 0.797 e. The van der Waals surface area contributed by atoms with Gasteiger partial charge in [0.25, 0.3) is 0 Å². The first-order chi connectivity index (χ1) is 11.2. The Balaban J connectivity index is 0.00000312. The van der Waals surface area contributed by atoms with Gasteiger partial charge in [0.15, 0.2) is 0 Å². The predicted octanol–water partition coefficient (Wildman–Crippen LogP) is -4.25. The van der Waals surface area contributed by atoms with Crippen molar-refractivity contribution in [3.63, 3.8) is 0 Å². The molecule has 2 aromatic carbocycles. The maximum atomic E-state index is 11.5. The Kier molecular flexibility index (Phi) is 12.3. The predicted molar refractivity (Wildman–Crippen MR) is 91.3 cm³/mol. The Morgan fingerprint density at radius 1 is 1.00 bits per heavy atom. The summed E-state index contributed by atoms with van der Waals surface area (Å²) in [5, 5.41) is -1.70. The molecule has 0 bridgehead atoms. The van der Waals surface area contributed by atoms with Crippen LogP contribution in [0.1, 0.15) is 18.4 Å². The van der Waals surface area contributed by atoms with Crippen molar-refractivity contribution in [3.8, 4) is 11.1 Å². The van der Waals surface area contributed by atoms with Crippen LogP contribution in [0.25, 0.3) is 11.1 Å². The molecular weight excluding hydrogens is 392 g/mol. The Labute approximate surface area is 199 Å². The molecule has 26 heavy (non-hydrogen) atoms. The molecule has 2 unspecified atom stereocenters. The fourth-order valence-electron chi connectivity index (χ4n) is 2.65. The molecule has 0 spiro atoms. The molecule has 1 N–H and O–H groups in total. The second-order valence-corrected chi connectivity index (χ2v) is 10.5. The van der Waals surface area contributed by atoms with Gasteiger partial charge in [-0.3, -0.25) is 4.89 Å². The Bertz CT molecular complexity index is 699. The Morgan fingerprint density at radius 3 is 1.96 bits per heavy atom. The topological polar surface area (TPSA) is 106 Å². The molecule has 0 radical (unpaired) electrons. The third-order valence-electron chi connectivity index (χ3n) is 3.91. The van der Waals surface area contributed by atoms with Crippen LogP contribution in [0.2, 0.25) is 0 Å². The third kappa shape index (κ3) is 8.53. The molecular formula is C17H20Na2O5P2. The van der Waals surface area contributed by atoms with Crippen molar-refractivity contribution < 1.29 is 83.3 Å². The molecule has 0 heterocycles. The van der Waals surface area contributed by atoms with E-state index in [1.54, 1.807) is 0 Å². The van der Waals surface area contributed by atoms with Crippen molar-refractivity contribution >= 4 is 15.3 Å². The van der Waals surface area contributed by atoms with Gasteiger partial charge in [0.05, 0.1) is 15.3 Å². The van der Waals surface area contributed by atoms with Gasteiger partial charge < -0.3 is 19.2 Å². The minimum absolute atomic E-state index is 0. The molecule has 0 fully saturated rings. The van der Waals surface area contributed by atoms with E-state index in [0.717, 1.165) is 23.4 Å². The summed E-state index contributed by atoms with van der Waals surface area (Å²) in [6, 6.07) is 17.7. The van der Waals surface area contributed by atoms with Gasteiger partial charge in [0, 0.05) is 0 Å². The molecule has 2 rings (SSSR count). The van der Waals surface area contributed by atoms with Crippen LogP contribution in [0.3, 0.4) is 0 Å². The molecule has 9 heteroatoms. The summed E-state index contributed by atoms with van der Waals surface area (Å²) in [6.45, 7) is 0.854. The van der Waals surface area contributed by atoms with Gasteiger partial charge in [0.2, 0.25) is 0 Å². The fraction of sp³-hybridized carbons (Fsp3) is 0.294. The van der Waals surface area contributed by atoms with E-state index >= 15 is 0 Å². The molecule has 0 aliphatic rings. The fourth-order valence-corrected chi connectivity index (χ4v) is 5.93. The number of hydrogen-bond donors (Lipinski definition) is 1. The summed E-state index contributed by atoms with van der Waals surface area (Å²) in [7, 11) is -9.03. The van der Waals surface area contributed by atoms with E-state index in [1.165, 1.54) is 0 Å². The largest absolute Gasteiger partial charge is 1.00 e. The average Bonchev–Trinajstić information content (AvgIpc) is 2.50. The molecule has 0 saturated carbocycles. The average molecular weight is 412 g/mol. The third-order valence-corrected chi connectivity index (χ3v) is 8.39. The standard InChI is InChI=1S/C17H22O5P2.2Na/c1-23(18,19)17(24(20,21)22)9-5-6-14-10-12-16(13-11-14)15-7-3-2-4-8-15;;/h2-4,7-8,10-13,17H,5-6,9H2,1H3,(H,18,19)(H2,20,21,22);;/q;2*+1/p-2. The van der Waals surface area contributed by atoms with Crippen LogP contribution in [0, 0.1) is 0 Å². The molecule has 2 aromatic rings. The van der Waals surface area contributed by atoms with E-state index in [2.05, 4.69) is 0 Å². The minimum Gasteiger partial charge on any atom is -0.797 e. The van der Waals surface area contributed by atoms with Crippen LogP contribution >= 0.6 is 15.3 Å². The summed E-state index contributed by atoms with van der Waals surface area (Å²) >= 11 is 0. The maximum Gasteiger partial charge on any atom is 1.00 e. The van der Waals surface area contributed by atoms with Crippen LogP contribution in [-0.2, 0) is 11.0 Å². The van der Waals surface area contributed by atoms with E-state index < -0.39 is 20.7 Å². The summed E-state index contributed by atoms with van der Waals surface area (Å²) in [5.41, 5.74) is 3.17. The van der Waals surface area contributed by atoms with Crippen molar-refractivity contribution in [2.75, 3.05) is 6.66 Å². The summed E-state index contributed by atoms with van der Waals surface area (Å²) in [6.07, 6.45) is 0.808. The number of hydrogen-bond acceptors (Lipinski definition) is 5.